The van der Waals surface area contributed by atoms with E-state index in [-0.39, 0.29) is 5.91 Å². The van der Waals surface area contributed by atoms with Crippen LogP contribution in [0.5, 0.6) is 0 Å². The van der Waals surface area contributed by atoms with Crippen LogP contribution < -0.4 is 4.90 Å². The van der Waals surface area contributed by atoms with E-state index in [1.54, 1.807) is 11.1 Å². The first-order valence-corrected chi connectivity index (χ1v) is 5.55. The minimum absolute atomic E-state index is 0.0969. The lowest BCUT2D eigenvalue weighted by molar-refractivity contribution is -0.117. The van der Waals surface area contributed by atoms with Crippen LogP contribution in [0.2, 0.25) is 0 Å². The molecule has 1 unspecified atom stereocenters. The molecule has 0 N–H and O–H groups in total. The molecule has 0 saturated carbocycles. The molecule has 0 aromatic carbocycles. The van der Waals surface area contributed by atoms with Crippen LogP contribution in [-0.2, 0) is 4.79 Å². The number of hydrogen-bond donors (Lipinski definition) is 1. The summed E-state index contributed by atoms with van der Waals surface area (Å²) in [6, 6.07) is 1.82. The predicted molar refractivity (Wildman–Crippen MR) is 61.1 cm³/mol. The Morgan fingerprint density at radius 3 is 3.07 bits per heavy atom. The quantitative estimate of drug-likeness (QED) is 0.763. The van der Waals surface area contributed by atoms with Gasteiger partial charge in [-0.1, -0.05) is 0 Å². The molecular weight excluding hydrogens is 210 g/mol. The van der Waals surface area contributed by atoms with E-state index < -0.39 is 0 Å². The fourth-order valence-electron chi connectivity index (χ4n) is 1.66. The van der Waals surface area contributed by atoms with Crippen LogP contribution in [-0.4, -0.2) is 28.2 Å². The van der Waals surface area contributed by atoms with Crippen molar-refractivity contribution >= 4 is 24.5 Å². The van der Waals surface area contributed by atoms with Crippen LogP contribution in [0.3, 0.4) is 0 Å². The number of carbonyl (C=O) groups is 1. The summed E-state index contributed by atoms with van der Waals surface area (Å²) in [5.41, 5.74) is 0.877. The molecule has 1 amide bonds. The van der Waals surface area contributed by atoms with Gasteiger partial charge < -0.3 is 0 Å². The molecule has 1 aromatic rings. The van der Waals surface area contributed by atoms with E-state index in [1.807, 2.05) is 13.0 Å². The fourth-order valence-corrected chi connectivity index (χ4v) is 1.91. The second-order valence-corrected chi connectivity index (χ2v) is 4.12. The standard InChI is InChI=1S/C10H13N3OS/c1-7-2-3-11-10(12-7)13-5-8(6-15)4-9(13)14/h2-3,8,15H,4-6H2,1H3. The first kappa shape index (κ1) is 10.4. The molecular formula is C10H13N3OS. The molecule has 4 nitrogen and oxygen atoms in total. The van der Waals surface area contributed by atoms with Gasteiger partial charge in [-0.2, -0.15) is 12.6 Å². The molecule has 80 valence electrons. The lowest BCUT2D eigenvalue weighted by atomic mass is 10.1. The number of hydrogen-bond acceptors (Lipinski definition) is 4. The summed E-state index contributed by atoms with van der Waals surface area (Å²) in [6.07, 6.45) is 2.24. The molecule has 2 rings (SSSR count). The molecule has 1 saturated heterocycles. The smallest absolute Gasteiger partial charge is 0.232 e. The lowest BCUT2D eigenvalue weighted by Crippen LogP contribution is -2.26. The maximum atomic E-state index is 11.7. The maximum absolute atomic E-state index is 11.7. The largest absolute Gasteiger partial charge is 0.280 e. The van der Waals surface area contributed by atoms with Crippen molar-refractivity contribution in [2.75, 3.05) is 17.2 Å². The molecule has 1 aromatic heterocycles. The zero-order valence-corrected chi connectivity index (χ0v) is 9.44. The predicted octanol–water partition coefficient (Wildman–Crippen LogP) is 1.07. The van der Waals surface area contributed by atoms with Gasteiger partial charge in [0.15, 0.2) is 0 Å². The molecule has 1 aliphatic heterocycles. The number of aryl methyl sites for hydroxylation is 1. The third-order valence-corrected chi connectivity index (χ3v) is 3.00. The molecule has 15 heavy (non-hydrogen) atoms. The van der Waals surface area contributed by atoms with Crippen molar-refractivity contribution in [3.63, 3.8) is 0 Å². The summed E-state index contributed by atoms with van der Waals surface area (Å²) < 4.78 is 0. The first-order chi connectivity index (χ1) is 7.20. The molecule has 0 bridgehead atoms. The van der Waals surface area contributed by atoms with Crippen molar-refractivity contribution < 1.29 is 4.79 Å². The monoisotopic (exact) mass is 223 g/mol. The van der Waals surface area contributed by atoms with Gasteiger partial charge in [0.1, 0.15) is 0 Å². The van der Waals surface area contributed by atoms with E-state index in [0.717, 1.165) is 11.4 Å². The molecule has 0 radical (unpaired) electrons. The van der Waals surface area contributed by atoms with Crippen LogP contribution in [0.15, 0.2) is 12.3 Å². The Morgan fingerprint density at radius 1 is 1.67 bits per heavy atom. The van der Waals surface area contributed by atoms with E-state index in [2.05, 4.69) is 22.6 Å². The van der Waals surface area contributed by atoms with Crippen molar-refractivity contribution in [2.45, 2.75) is 13.3 Å². The molecule has 0 aliphatic carbocycles. The number of nitrogens with zero attached hydrogens (tertiary/aromatic N) is 3. The Labute approximate surface area is 94.1 Å². The van der Waals surface area contributed by atoms with Gasteiger partial charge in [0.05, 0.1) is 0 Å². The summed E-state index contributed by atoms with van der Waals surface area (Å²) in [6.45, 7) is 2.58. The van der Waals surface area contributed by atoms with Gasteiger partial charge in [0.25, 0.3) is 0 Å². The Hall–Kier alpha value is -1.10. The average molecular weight is 223 g/mol. The first-order valence-electron chi connectivity index (χ1n) is 4.91. The summed E-state index contributed by atoms with van der Waals surface area (Å²) in [5, 5.41) is 0. The van der Waals surface area contributed by atoms with Crippen molar-refractivity contribution in [2.24, 2.45) is 5.92 Å². The van der Waals surface area contributed by atoms with E-state index >= 15 is 0 Å². The van der Waals surface area contributed by atoms with Crippen LogP contribution in [0, 0.1) is 12.8 Å². The average Bonchev–Trinajstić information content (AvgIpc) is 2.60. The van der Waals surface area contributed by atoms with Crippen LogP contribution in [0.1, 0.15) is 12.1 Å². The van der Waals surface area contributed by atoms with Gasteiger partial charge in [-0.05, 0) is 24.7 Å². The van der Waals surface area contributed by atoms with E-state index in [0.29, 0.717) is 24.8 Å². The summed E-state index contributed by atoms with van der Waals surface area (Å²) in [4.78, 5) is 21.7. The summed E-state index contributed by atoms with van der Waals surface area (Å²) in [7, 11) is 0. The Kier molecular flexibility index (Phi) is 2.90. The van der Waals surface area contributed by atoms with Gasteiger partial charge in [-0.25, -0.2) is 9.97 Å². The SMILES string of the molecule is Cc1ccnc(N2CC(CS)CC2=O)n1. The van der Waals surface area contributed by atoms with Crippen LogP contribution >= 0.6 is 12.6 Å². The van der Waals surface area contributed by atoms with Crippen molar-refractivity contribution in [1.82, 2.24) is 9.97 Å². The zero-order chi connectivity index (χ0) is 10.8. The lowest BCUT2D eigenvalue weighted by Gasteiger charge is -2.13. The summed E-state index contributed by atoms with van der Waals surface area (Å²) in [5.74, 6) is 1.67. The third kappa shape index (κ3) is 2.12. The second kappa shape index (κ2) is 4.18. The summed E-state index contributed by atoms with van der Waals surface area (Å²) >= 11 is 4.21. The molecule has 2 heterocycles. The Bertz CT molecular complexity index is 383. The fraction of sp³-hybridized carbons (Fsp3) is 0.500. The van der Waals surface area contributed by atoms with Crippen LogP contribution in [0.4, 0.5) is 5.95 Å². The highest BCUT2D eigenvalue weighted by Gasteiger charge is 2.31. The number of anilines is 1. The highest BCUT2D eigenvalue weighted by Crippen LogP contribution is 2.22. The van der Waals surface area contributed by atoms with Crippen molar-refractivity contribution in [3.8, 4) is 0 Å². The van der Waals surface area contributed by atoms with E-state index in [4.69, 9.17) is 0 Å². The highest BCUT2D eigenvalue weighted by molar-refractivity contribution is 7.80. The Morgan fingerprint density at radius 2 is 2.47 bits per heavy atom. The minimum Gasteiger partial charge on any atom is -0.280 e. The number of aromatic nitrogens is 2. The van der Waals surface area contributed by atoms with E-state index in [9.17, 15) is 4.79 Å². The van der Waals surface area contributed by atoms with Gasteiger partial charge in [0, 0.05) is 24.9 Å². The molecule has 0 spiro atoms. The van der Waals surface area contributed by atoms with Crippen molar-refractivity contribution in [1.29, 1.82) is 0 Å². The molecule has 1 fully saturated rings. The van der Waals surface area contributed by atoms with Gasteiger partial charge >= 0.3 is 0 Å². The minimum atomic E-state index is 0.0969. The highest BCUT2D eigenvalue weighted by atomic mass is 32.1. The number of rotatable bonds is 2. The Balaban J connectivity index is 2.21. The number of thiol groups is 1. The number of carbonyl (C=O) groups excluding carboxylic acids is 1. The zero-order valence-electron chi connectivity index (χ0n) is 8.55. The van der Waals surface area contributed by atoms with Gasteiger partial charge in [-0.15, -0.1) is 0 Å². The van der Waals surface area contributed by atoms with Gasteiger partial charge in [0.2, 0.25) is 11.9 Å². The second-order valence-electron chi connectivity index (χ2n) is 3.76. The molecule has 5 heteroatoms. The maximum Gasteiger partial charge on any atom is 0.232 e. The van der Waals surface area contributed by atoms with E-state index in [1.165, 1.54) is 0 Å². The topological polar surface area (TPSA) is 46.1 Å². The normalized spacial score (nSPS) is 21.1. The molecule has 1 aliphatic rings. The van der Waals surface area contributed by atoms with Crippen molar-refractivity contribution in [3.05, 3.63) is 18.0 Å². The third-order valence-electron chi connectivity index (χ3n) is 2.49. The number of amides is 1. The van der Waals surface area contributed by atoms with Crippen LogP contribution in [0.25, 0.3) is 0 Å². The molecule has 1 atom stereocenters. The van der Waals surface area contributed by atoms with Gasteiger partial charge in [-0.3, -0.25) is 9.69 Å².